The third kappa shape index (κ3) is 9.01. The average molecular weight is 897 g/mol. The number of thioether (sulfide) groups is 4. The van der Waals surface area contributed by atoms with Crippen molar-refractivity contribution in [1.82, 2.24) is 0 Å². The molecule has 304 valence electrons. The van der Waals surface area contributed by atoms with Crippen LogP contribution in [0.15, 0.2) is 188 Å². The second-order valence-corrected chi connectivity index (χ2v) is 17.7. The summed E-state index contributed by atoms with van der Waals surface area (Å²) in [7, 11) is 0. The highest BCUT2D eigenvalue weighted by Gasteiger charge is 2.28. The van der Waals surface area contributed by atoms with Crippen molar-refractivity contribution in [1.29, 1.82) is 21.0 Å². The van der Waals surface area contributed by atoms with Crippen LogP contribution in [0.1, 0.15) is 44.5 Å². The number of nitrogens with zero attached hydrogens (tertiary/aromatic N) is 8. The zero-order valence-corrected chi connectivity index (χ0v) is 37.2. The van der Waals surface area contributed by atoms with Gasteiger partial charge in [-0.05, 0) is 140 Å². The van der Waals surface area contributed by atoms with E-state index in [-0.39, 0.29) is 0 Å². The zero-order chi connectivity index (χ0) is 43.8. The first kappa shape index (κ1) is 42.2. The first-order valence-corrected chi connectivity index (χ1v) is 23.9. The molecule has 0 radical (unpaired) electrons. The molecule has 5 heterocycles. The Hall–Kier alpha value is -7.16. The lowest BCUT2D eigenvalue weighted by Gasteiger charge is -2.14. The van der Waals surface area contributed by atoms with Crippen LogP contribution in [-0.2, 0) is 23.0 Å². The van der Waals surface area contributed by atoms with Crippen LogP contribution in [0.2, 0.25) is 0 Å². The zero-order valence-electron chi connectivity index (χ0n) is 33.9. The summed E-state index contributed by atoms with van der Waals surface area (Å²) in [5.41, 5.74) is 16.8. The number of allylic oxidation sites excluding steroid dienone is 12. The van der Waals surface area contributed by atoms with Crippen molar-refractivity contribution in [3.8, 4) is 21.6 Å². The summed E-state index contributed by atoms with van der Waals surface area (Å²) >= 11 is 4.77. The highest BCUT2D eigenvalue weighted by atomic mass is 32.2. The maximum atomic E-state index is 9.40. The molecule has 4 aromatic rings. The maximum absolute atomic E-state index is 9.40. The lowest BCUT2D eigenvalue weighted by atomic mass is 9.97. The van der Waals surface area contributed by atoms with Gasteiger partial charge in [0.1, 0.15) is 21.6 Å². The minimum atomic E-state index is 0.534. The summed E-state index contributed by atoms with van der Waals surface area (Å²) in [4.78, 5) is 21.6. The molecule has 5 aliphatic heterocycles. The minimum absolute atomic E-state index is 0.534. The van der Waals surface area contributed by atoms with Crippen LogP contribution in [0.5, 0.6) is 0 Å². The molecule has 8 bridgehead atoms. The molecular weight excluding hydrogens is 865 g/mol. The molecule has 8 nitrogen and oxygen atoms in total. The van der Waals surface area contributed by atoms with E-state index >= 15 is 0 Å². The molecule has 0 aliphatic carbocycles. The van der Waals surface area contributed by atoms with Crippen LogP contribution >= 0.6 is 47.0 Å². The predicted molar refractivity (Wildman–Crippen MR) is 267 cm³/mol. The topological polar surface area (TPSA) is 145 Å². The van der Waals surface area contributed by atoms with Crippen LogP contribution in [0.4, 0.5) is 0 Å². The Labute approximate surface area is 388 Å². The summed E-state index contributed by atoms with van der Waals surface area (Å²) in [5.74, 6) is 2.13. The fourth-order valence-corrected chi connectivity index (χ4v) is 9.64. The van der Waals surface area contributed by atoms with E-state index in [1.807, 2.05) is 97.1 Å². The Bertz CT molecular complexity index is 2780. The lowest BCUT2D eigenvalue weighted by Crippen LogP contribution is -2.04. The number of fused-ring (bicyclic) bond motifs is 4. The molecule has 12 heteroatoms. The monoisotopic (exact) mass is 896 g/mol. The van der Waals surface area contributed by atoms with Crippen molar-refractivity contribution in [3.63, 3.8) is 0 Å². The molecule has 9 rings (SSSR count). The molecule has 0 amide bonds. The first-order chi connectivity index (χ1) is 31.5. The molecule has 0 unspecified atom stereocenters. The second kappa shape index (κ2) is 19.5. The van der Waals surface area contributed by atoms with Crippen LogP contribution in [0, 0.1) is 42.7 Å². The van der Waals surface area contributed by atoms with Gasteiger partial charge in [-0.15, -0.1) is 0 Å². The average Bonchev–Trinajstić information content (AvgIpc) is 4.18. The largest absolute Gasteiger partial charge is 0.248 e. The number of hydrogen-bond donors (Lipinski definition) is 0. The fraction of sp³-hybridized carbons (Fsp3) is 0.0769. The van der Waals surface area contributed by atoms with E-state index in [0.29, 0.717) is 23.0 Å². The lowest BCUT2D eigenvalue weighted by molar-refractivity contribution is 1.37. The summed E-state index contributed by atoms with van der Waals surface area (Å²) in [6, 6.07) is 32.7. The van der Waals surface area contributed by atoms with Crippen molar-refractivity contribution < 1.29 is 0 Å². The van der Waals surface area contributed by atoms with Gasteiger partial charge < -0.3 is 0 Å². The SMILES string of the molecule is N#CSCc1cccc(C2=C3C=CC(=N3)C(c3cccc(CSC#N)c3)=C3C=CC(=N3)C(c3cccc(CSC#N)c3)=C3C=CC(=N3)C(c3cccc(CSC#N)c3)=C3C=CC2=N3)c1. The van der Waals surface area contributed by atoms with Crippen molar-refractivity contribution in [2.75, 3.05) is 0 Å². The summed E-state index contributed by atoms with van der Waals surface area (Å²) in [5, 5.41) is 46.4. The molecule has 0 aromatic heterocycles. The van der Waals surface area contributed by atoms with E-state index in [0.717, 1.165) is 112 Å². The van der Waals surface area contributed by atoms with Gasteiger partial charge in [0.15, 0.2) is 0 Å². The van der Waals surface area contributed by atoms with Crippen LogP contribution in [0.25, 0.3) is 22.3 Å². The van der Waals surface area contributed by atoms with Gasteiger partial charge in [-0.3, -0.25) is 0 Å². The van der Waals surface area contributed by atoms with Gasteiger partial charge in [0.05, 0.1) is 45.6 Å². The minimum Gasteiger partial charge on any atom is -0.248 e. The smallest absolute Gasteiger partial charge is 0.133 e. The molecule has 0 N–H and O–H groups in total. The Kier molecular flexibility index (Phi) is 12.8. The normalized spacial score (nSPS) is 15.8. The molecule has 0 fully saturated rings. The molecule has 0 saturated carbocycles. The molecule has 0 spiro atoms. The van der Waals surface area contributed by atoms with Gasteiger partial charge in [0.2, 0.25) is 0 Å². The standard InChI is InChI=1S/C52H32N8S4/c53-29-61-25-33-5-1-9-37(21-33)49-41-13-15-43(57-41)50(38-10-2-6-34(22-38)26-62-30-54)45-17-19-47(59-45)52(40-12-4-8-36(24-40)28-64-32-56)48-20-18-46(60-48)51(44-16-14-42(49)58-44)39-11-3-7-35(23-39)27-63-31-55/h1-24H,25-28H2. The van der Waals surface area contributed by atoms with Crippen molar-refractivity contribution >= 4 is 92.2 Å². The maximum Gasteiger partial charge on any atom is 0.133 e. The highest BCUT2D eigenvalue weighted by Crippen LogP contribution is 2.39. The highest BCUT2D eigenvalue weighted by molar-refractivity contribution is 8.03. The van der Waals surface area contributed by atoms with Crippen molar-refractivity contribution in [3.05, 3.63) is 213 Å². The number of aliphatic imine (C=N–C) groups is 4. The number of thiocyanates is 4. The van der Waals surface area contributed by atoms with Crippen molar-refractivity contribution in [2.24, 2.45) is 20.0 Å². The van der Waals surface area contributed by atoms with E-state index in [2.05, 4.69) is 70.1 Å². The Morgan fingerprint density at radius 3 is 0.781 bits per heavy atom. The van der Waals surface area contributed by atoms with Gasteiger partial charge in [0, 0.05) is 45.3 Å². The van der Waals surface area contributed by atoms with Gasteiger partial charge in [-0.1, -0.05) is 97.1 Å². The summed E-state index contributed by atoms with van der Waals surface area (Å²) in [6.07, 6.45) is 16.2. The quantitative estimate of drug-likeness (QED) is 0.128. The summed E-state index contributed by atoms with van der Waals surface area (Å²) in [6.45, 7) is 0. The van der Waals surface area contributed by atoms with E-state index in [9.17, 15) is 21.0 Å². The predicted octanol–water partition coefficient (Wildman–Crippen LogP) is 12.5. The molecule has 0 atom stereocenters. The summed E-state index contributed by atoms with van der Waals surface area (Å²) < 4.78 is 0. The third-order valence-corrected chi connectivity index (χ3v) is 13.1. The van der Waals surface area contributed by atoms with Gasteiger partial charge in [-0.25, -0.2) is 20.0 Å². The van der Waals surface area contributed by atoms with Crippen molar-refractivity contribution in [2.45, 2.75) is 23.0 Å². The number of nitriles is 4. The van der Waals surface area contributed by atoms with E-state index in [1.165, 1.54) is 47.0 Å². The molecule has 5 aliphatic rings. The second-order valence-electron chi connectivity index (χ2n) is 14.7. The Balaban J connectivity index is 1.34. The van der Waals surface area contributed by atoms with E-state index in [1.54, 1.807) is 0 Å². The first-order valence-electron chi connectivity index (χ1n) is 20.0. The van der Waals surface area contributed by atoms with E-state index < -0.39 is 0 Å². The molecular formula is C52H32N8S4. The number of hydrogen-bond acceptors (Lipinski definition) is 12. The Morgan fingerprint density at radius 2 is 0.562 bits per heavy atom. The van der Waals surface area contributed by atoms with Gasteiger partial charge in [0.25, 0.3) is 0 Å². The Morgan fingerprint density at radius 1 is 0.328 bits per heavy atom. The fourth-order valence-electron chi connectivity index (χ4n) is 8.00. The number of rotatable bonds is 12. The van der Waals surface area contributed by atoms with Crippen LogP contribution in [-0.4, -0.2) is 22.8 Å². The van der Waals surface area contributed by atoms with E-state index in [4.69, 9.17) is 20.0 Å². The van der Waals surface area contributed by atoms with Crippen LogP contribution < -0.4 is 0 Å². The molecule has 4 aromatic carbocycles. The van der Waals surface area contributed by atoms with Gasteiger partial charge >= 0.3 is 0 Å². The third-order valence-electron chi connectivity index (χ3n) is 10.7. The number of benzene rings is 4. The van der Waals surface area contributed by atoms with Gasteiger partial charge in [-0.2, -0.15) is 21.0 Å². The molecule has 0 saturated heterocycles. The van der Waals surface area contributed by atoms with Crippen LogP contribution in [0.3, 0.4) is 0 Å². The molecule has 64 heavy (non-hydrogen) atoms.